The third-order valence-corrected chi connectivity index (χ3v) is 2.21. The van der Waals surface area contributed by atoms with Crippen molar-refractivity contribution in [3.05, 3.63) is 42.5 Å². The summed E-state index contributed by atoms with van der Waals surface area (Å²) in [6.45, 7) is 0. The van der Waals surface area contributed by atoms with Gasteiger partial charge in [-0.3, -0.25) is 0 Å². The molecular weight excluding hydrogens is 184 g/mol. The molecule has 0 unspecified atom stereocenters. The zero-order valence-electron chi connectivity index (χ0n) is 6.45. The Bertz CT molecular complexity index is 398. The Morgan fingerprint density at radius 3 is 2.42 bits per heavy atom. The van der Waals surface area contributed by atoms with Gasteiger partial charge in [-0.25, -0.2) is 0 Å². The van der Waals surface area contributed by atoms with Gasteiger partial charge >= 0.3 is 83.1 Å². The van der Waals surface area contributed by atoms with Crippen LogP contribution in [0.2, 0.25) is 0 Å². The predicted octanol–water partition coefficient (Wildman–Crippen LogP) is 2.68. The second-order valence-corrected chi connectivity index (χ2v) is 2.93. The van der Waals surface area contributed by atoms with Gasteiger partial charge in [-0.05, 0) is 0 Å². The fourth-order valence-corrected chi connectivity index (χ4v) is 1.43. The van der Waals surface area contributed by atoms with Gasteiger partial charge in [0, 0.05) is 0 Å². The van der Waals surface area contributed by atoms with E-state index in [1.807, 2.05) is 24.3 Å². The van der Waals surface area contributed by atoms with Crippen molar-refractivity contribution in [2.75, 3.05) is 0 Å². The Hall–Kier alpha value is -0.786. The number of fused-ring (bicyclic) bond motifs is 1. The third-order valence-electron chi connectivity index (χ3n) is 1.84. The summed E-state index contributed by atoms with van der Waals surface area (Å²) in [4.78, 5) is 0. The molecule has 0 fully saturated rings. The topological polar surface area (TPSA) is 9.23 Å². The first-order valence-corrected chi connectivity index (χ1v) is 4.36. The average molecular weight is 191 g/mol. The van der Waals surface area contributed by atoms with Crippen LogP contribution < -0.4 is 3.32 Å². The minimum absolute atomic E-state index is 0.911. The van der Waals surface area contributed by atoms with E-state index in [1.165, 1.54) is 10.8 Å². The zero-order chi connectivity index (χ0) is 8.39. The van der Waals surface area contributed by atoms with E-state index in [0.717, 1.165) is 5.75 Å². The fraction of sp³-hybridized carbons (Fsp3) is 0. The van der Waals surface area contributed by atoms with E-state index in [2.05, 4.69) is 18.2 Å². The monoisotopic (exact) mass is 191 g/mol. The molecule has 0 N–H and O–H groups in total. The standard InChI is InChI=1S/C10H8O.Ti/c11-10-6-5-8-3-1-2-4-9(8)7-10;/h1-7,11H;/q;+1/p-1. The van der Waals surface area contributed by atoms with Crippen molar-refractivity contribution < 1.29 is 24.1 Å². The molecule has 0 aromatic heterocycles. The van der Waals surface area contributed by atoms with E-state index < -0.39 is 0 Å². The normalized spacial score (nSPS) is 9.92. The molecule has 57 valence electrons. The molecule has 0 spiro atoms. The summed E-state index contributed by atoms with van der Waals surface area (Å²) in [7, 11) is 0. The molecule has 0 amide bonds. The Kier molecular flexibility index (Phi) is 2.16. The molecule has 2 aromatic carbocycles. The molecule has 0 aliphatic rings. The van der Waals surface area contributed by atoms with E-state index >= 15 is 0 Å². The van der Waals surface area contributed by atoms with Crippen LogP contribution in [0, 0.1) is 0 Å². The number of hydrogen-bond acceptors (Lipinski definition) is 1. The second-order valence-electron chi connectivity index (χ2n) is 2.61. The Balaban J connectivity index is 2.67. The molecule has 0 aliphatic carbocycles. The summed E-state index contributed by atoms with van der Waals surface area (Å²) < 4.78 is 5.12. The zero-order valence-corrected chi connectivity index (χ0v) is 8.01. The number of hydrogen-bond donors (Lipinski definition) is 0. The maximum absolute atomic E-state index is 5.12. The number of rotatable bonds is 1. The Labute approximate surface area is 83.2 Å². The Morgan fingerprint density at radius 2 is 1.67 bits per heavy atom. The molecule has 0 heterocycles. The molecule has 0 bridgehead atoms. The van der Waals surface area contributed by atoms with E-state index in [4.69, 9.17) is 3.32 Å². The van der Waals surface area contributed by atoms with Crippen LogP contribution in [0.3, 0.4) is 0 Å². The van der Waals surface area contributed by atoms with Crippen LogP contribution in [-0.2, 0) is 20.8 Å². The summed E-state index contributed by atoms with van der Waals surface area (Å²) in [5, 5.41) is 2.47. The van der Waals surface area contributed by atoms with Gasteiger partial charge in [-0.15, -0.1) is 0 Å². The average Bonchev–Trinajstić information content (AvgIpc) is 2.17. The Morgan fingerprint density at radius 1 is 0.917 bits per heavy atom. The second kappa shape index (κ2) is 3.30. The van der Waals surface area contributed by atoms with E-state index in [-0.39, 0.29) is 0 Å². The SMILES string of the molecule is [Ti][O]c1ccc2ccccc2c1. The van der Waals surface area contributed by atoms with Crippen molar-refractivity contribution in [3.63, 3.8) is 0 Å². The van der Waals surface area contributed by atoms with Crippen molar-refractivity contribution in [2.24, 2.45) is 0 Å². The van der Waals surface area contributed by atoms with Gasteiger partial charge in [0.05, 0.1) is 0 Å². The first-order chi connectivity index (χ1) is 5.90. The molecule has 2 aromatic rings. The van der Waals surface area contributed by atoms with Crippen LogP contribution >= 0.6 is 0 Å². The predicted molar refractivity (Wildman–Crippen MR) is 44.6 cm³/mol. The summed E-state index contributed by atoms with van der Waals surface area (Å²) in [6.07, 6.45) is 0. The molecule has 2 heteroatoms. The summed E-state index contributed by atoms with van der Waals surface area (Å²) in [5.41, 5.74) is 0. The van der Waals surface area contributed by atoms with Crippen molar-refractivity contribution in [2.45, 2.75) is 0 Å². The van der Waals surface area contributed by atoms with Crippen LogP contribution in [0.25, 0.3) is 10.8 Å². The molecule has 0 aliphatic heterocycles. The summed E-state index contributed by atoms with van der Waals surface area (Å²) >= 11 is 1.68. The van der Waals surface area contributed by atoms with Gasteiger partial charge in [0.25, 0.3) is 0 Å². The first kappa shape index (κ1) is 7.84. The van der Waals surface area contributed by atoms with Crippen LogP contribution in [0.1, 0.15) is 0 Å². The molecule has 1 nitrogen and oxygen atoms in total. The molecule has 2 rings (SSSR count). The van der Waals surface area contributed by atoms with Gasteiger partial charge in [-0.1, -0.05) is 0 Å². The molecule has 0 saturated carbocycles. The maximum atomic E-state index is 5.12. The van der Waals surface area contributed by atoms with Gasteiger partial charge in [-0.2, -0.15) is 0 Å². The first-order valence-electron chi connectivity index (χ1n) is 3.72. The van der Waals surface area contributed by atoms with Crippen LogP contribution in [-0.4, -0.2) is 0 Å². The van der Waals surface area contributed by atoms with Crippen molar-refractivity contribution >= 4 is 10.8 Å². The van der Waals surface area contributed by atoms with Gasteiger partial charge in [0.15, 0.2) is 0 Å². The minimum atomic E-state index is 0.911. The van der Waals surface area contributed by atoms with Crippen LogP contribution in [0.4, 0.5) is 0 Å². The number of benzene rings is 2. The van der Waals surface area contributed by atoms with Gasteiger partial charge in [0.2, 0.25) is 0 Å². The van der Waals surface area contributed by atoms with Crippen LogP contribution in [0.15, 0.2) is 42.5 Å². The molecule has 0 radical (unpaired) electrons. The molecule has 0 atom stereocenters. The molecule has 0 saturated heterocycles. The van der Waals surface area contributed by atoms with E-state index in [9.17, 15) is 0 Å². The summed E-state index contributed by atoms with van der Waals surface area (Å²) in [6, 6.07) is 14.3. The third kappa shape index (κ3) is 1.38. The molecular formula is C10H7OTi. The van der Waals surface area contributed by atoms with Crippen molar-refractivity contribution in [1.82, 2.24) is 0 Å². The van der Waals surface area contributed by atoms with E-state index in [0.29, 0.717) is 0 Å². The summed E-state index contributed by atoms with van der Waals surface area (Å²) in [5.74, 6) is 0.911. The van der Waals surface area contributed by atoms with Gasteiger partial charge < -0.3 is 0 Å². The van der Waals surface area contributed by atoms with E-state index in [1.54, 1.807) is 20.8 Å². The quantitative estimate of drug-likeness (QED) is 0.629. The fourth-order valence-electron chi connectivity index (χ4n) is 1.23. The van der Waals surface area contributed by atoms with Crippen molar-refractivity contribution in [1.29, 1.82) is 0 Å². The van der Waals surface area contributed by atoms with Crippen molar-refractivity contribution in [3.8, 4) is 5.75 Å². The van der Waals surface area contributed by atoms with Gasteiger partial charge in [0.1, 0.15) is 0 Å². The van der Waals surface area contributed by atoms with Crippen LogP contribution in [0.5, 0.6) is 5.75 Å². The molecule has 12 heavy (non-hydrogen) atoms.